The fraction of sp³-hybridized carbons (Fsp3) is 0.419. The van der Waals surface area contributed by atoms with Crippen molar-refractivity contribution in [2.45, 2.75) is 57.9 Å². The van der Waals surface area contributed by atoms with Crippen LogP contribution in [0.15, 0.2) is 42.6 Å². The summed E-state index contributed by atoms with van der Waals surface area (Å²) in [5, 5.41) is 7.46. The Morgan fingerprint density at radius 1 is 1.20 bits per heavy atom. The van der Waals surface area contributed by atoms with Crippen LogP contribution in [0.2, 0.25) is 0 Å². The van der Waals surface area contributed by atoms with Gasteiger partial charge in [-0.15, -0.1) is 0 Å². The van der Waals surface area contributed by atoms with E-state index in [1.165, 1.54) is 29.7 Å². The van der Waals surface area contributed by atoms with Gasteiger partial charge < -0.3 is 15.1 Å². The summed E-state index contributed by atoms with van der Waals surface area (Å²) in [4.78, 5) is 32.6. The molecular weight excluding hydrogens is 596 g/mol. The monoisotopic (exact) mass is 628 g/mol. The summed E-state index contributed by atoms with van der Waals surface area (Å²) >= 11 is 1.22. The van der Waals surface area contributed by atoms with Crippen molar-refractivity contribution in [3.05, 3.63) is 81.5 Å². The van der Waals surface area contributed by atoms with Gasteiger partial charge in [0.1, 0.15) is 5.82 Å². The Kier molecular flexibility index (Phi) is 9.22. The number of aryl methyl sites for hydroxylation is 1. The summed E-state index contributed by atoms with van der Waals surface area (Å²) in [5.41, 5.74) is -0.754. The van der Waals surface area contributed by atoms with Crippen LogP contribution in [-0.2, 0) is 28.9 Å². The van der Waals surface area contributed by atoms with Crippen LogP contribution >= 0.6 is 11.3 Å². The molecule has 0 spiro atoms. The number of nitrogens with one attached hydrogen (secondary N) is 1. The first-order chi connectivity index (χ1) is 21.0. The maximum atomic E-state index is 15.5. The third-order valence-electron chi connectivity index (χ3n) is 8.13. The Morgan fingerprint density at radius 3 is 2.61 bits per heavy atom. The first-order valence-electron chi connectivity index (χ1n) is 14.4. The quantitative estimate of drug-likeness (QED) is 0.199. The molecule has 0 unspecified atom stereocenters. The highest BCUT2D eigenvalue weighted by Crippen LogP contribution is 2.46. The van der Waals surface area contributed by atoms with Crippen LogP contribution in [0.4, 0.5) is 22.6 Å². The van der Waals surface area contributed by atoms with Gasteiger partial charge in [0.25, 0.3) is 0 Å². The lowest BCUT2D eigenvalue weighted by Gasteiger charge is -2.34. The van der Waals surface area contributed by atoms with Crippen molar-refractivity contribution in [3.63, 3.8) is 0 Å². The first kappa shape index (κ1) is 31.4. The van der Waals surface area contributed by atoms with E-state index in [2.05, 4.69) is 15.3 Å². The number of fused-ring (bicyclic) bond motifs is 1. The molecule has 13 heteroatoms. The van der Waals surface area contributed by atoms with Crippen molar-refractivity contribution in [2.24, 2.45) is 0 Å². The lowest BCUT2D eigenvalue weighted by Crippen LogP contribution is -2.44. The Balaban J connectivity index is 1.41. The number of hydrogen-bond donors (Lipinski definition) is 1. The number of benzene rings is 1. The summed E-state index contributed by atoms with van der Waals surface area (Å²) in [6, 6.07) is 6.06. The Bertz CT molecular complexity index is 1610. The predicted octanol–water partition coefficient (Wildman–Crippen LogP) is 5.97. The van der Waals surface area contributed by atoms with E-state index in [1.54, 1.807) is 37.0 Å². The van der Waals surface area contributed by atoms with E-state index < -0.39 is 23.6 Å². The van der Waals surface area contributed by atoms with E-state index in [1.807, 2.05) is 4.90 Å². The van der Waals surface area contributed by atoms with Crippen molar-refractivity contribution in [1.82, 2.24) is 24.9 Å². The molecule has 8 nitrogen and oxygen atoms in total. The number of likely N-dealkylation sites (tertiary alicyclic amines) is 1. The van der Waals surface area contributed by atoms with Crippen LogP contribution in [0.25, 0.3) is 16.0 Å². The lowest BCUT2D eigenvalue weighted by atomic mass is 9.83. The number of hydrogen-bond acceptors (Lipinski definition) is 5. The highest BCUT2D eigenvalue weighted by Gasteiger charge is 2.40. The molecule has 2 amide bonds. The number of nitrogens with zero attached hydrogens (tertiary/aromatic N) is 5. The molecule has 0 radical (unpaired) electrons. The summed E-state index contributed by atoms with van der Waals surface area (Å²) in [5.74, 6) is -1.72. The number of carbonyl (C=O) groups excluding carboxylic acids is 2. The highest BCUT2D eigenvalue weighted by atomic mass is 32.1. The van der Waals surface area contributed by atoms with Crippen LogP contribution < -0.4 is 5.32 Å². The number of carbonyl (C=O) groups is 2. The molecule has 4 heterocycles. The van der Waals surface area contributed by atoms with Gasteiger partial charge in [0, 0.05) is 79.9 Å². The highest BCUT2D eigenvalue weighted by molar-refractivity contribution is 7.16. The van der Waals surface area contributed by atoms with Gasteiger partial charge in [0.15, 0.2) is 5.69 Å². The molecule has 0 aliphatic carbocycles. The van der Waals surface area contributed by atoms with E-state index >= 15 is 4.39 Å². The minimum absolute atomic E-state index is 0.0633. The zero-order valence-electron chi connectivity index (χ0n) is 24.3. The number of amides is 2. The van der Waals surface area contributed by atoms with E-state index in [9.17, 15) is 22.8 Å². The van der Waals surface area contributed by atoms with Gasteiger partial charge in [-0.05, 0) is 43.0 Å². The van der Waals surface area contributed by atoms with Crippen LogP contribution in [0, 0.1) is 12.4 Å². The second-order valence-electron chi connectivity index (χ2n) is 10.9. The molecule has 0 bridgehead atoms. The Hall–Kier alpha value is -4.02. The molecule has 2 aliphatic heterocycles. The van der Waals surface area contributed by atoms with Crippen molar-refractivity contribution in [3.8, 4) is 11.1 Å². The zero-order valence-corrected chi connectivity index (χ0v) is 25.1. The van der Waals surface area contributed by atoms with Gasteiger partial charge in [-0.3, -0.25) is 14.3 Å². The average molecular weight is 629 g/mol. The largest absolute Gasteiger partial charge is 0.435 e. The molecule has 1 N–H and O–H groups in total. The van der Waals surface area contributed by atoms with Crippen LogP contribution in [-0.4, -0.2) is 63.6 Å². The van der Waals surface area contributed by atoms with Gasteiger partial charge in [0.2, 0.25) is 16.8 Å². The SMILES string of the molecule is [C-]#[N+]c1cc2c(s1)CN(C(=O)/C=C/CNC1CCN(C(C)=O)CC1)C[C@H]2c1cccc(F)c1-c1cn(CC)nc1C(F)(F)F. The van der Waals surface area contributed by atoms with Crippen molar-refractivity contribution in [2.75, 3.05) is 26.2 Å². The number of halogens is 4. The molecule has 3 aromatic rings. The molecule has 2 aliphatic rings. The summed E-state index contributed by atoms with van der Waals surface area (Å²) in [6.07, 6.45) is 1.23. The van der Waals surface area contributed by atoms with Crippen molar-refractivity contribution in [1.29, 1.82) is 0 Å². The number of aromatic nitrogens is 2. The van der Waals surface area contributed by atoms with Gasteiger partial charge in [-0.25, -0.2) is 9.24 Å². The van der Waals surface area contributed by atoms with E-state index in [-0.39, 0.29) is 48.6 Å². The lowest BCUT2D eigenvalue weighted by molar-refractivity contribution is -0.141. The molecule has 232 valence electrons. The minimum atomic E-state index is -4.81. The molecule has 1 saturated heterocycles. The second-order valence-corrected chi connectivity index (χ2v) is 12.0. The topological polar surface area (TPSA) is 74.8 Å². The van der Waals surface area contributed by atoms with Gasteiger partial charge in [-0.1, -0.05) is 18.2 Å². The standard InChI is InChI=1S/C31H32F4N6O2S/c1-4-41-17-24(30(38-41)31(33,34)35)29-21(7-5-8-25(29)32)23-16-40(18-26-22(23)15-27(36-3)44-26)28(43)9-6-12-37-20-10-13-39(14-11-20)19(2)42/h5-9,15,17,20,23,37H,4,10-14,16,18H2,1-2H3/b9-6+/t23-/m0/s1. The normalized spacial score (nSPS) is 17.6. The van der Waals surface area contributed by atoms with Crippen LogP contribution in [0.5, 0.6) is 0 Å². The Morgan fingerprint density at radius 2 is 1.95 bits per heavy atom. The van der Waals surface area contributed by atoms with E-state index in [0.717, 1.165) is 28.5 Å². The number of thiophene rings is 1. The summed E-state index contributed by atoms with van der Waals surface area (Å²) < 4.78 is 58.8. The van der Waals surface area contributed by atoms with Gasteiger partial charge >= 0.3 is 6.18 Å². The number of piperidine rings is 1. The number of rotatable bonds is 7. The van der Waals surface area contributed by atoms with Crippen LogP contribution in [0.1, 0.15) is 54.3 Å². The van der Waals surface area contributed by atoms with Crippen molar-refractivity contribution < 1.29 is 27.2 Å². The molecule has 1 fully saturated rings. The van der Waals surface area contributed by atoms with Gasteiger partial charge in [0.05, 0.1) is 13.1 Å². The third kappa shape index (κ3) is 6.56. The zero-order chi connectivity index (χ0) is 31.6. The maximum absolute atomic E-state index is 15.5. The molecular formula is C31H32F4N6O2S. The first-order valence-corrected chi connectivity index (χ1v) is 15.2. The fourth-order valence-electron chi connectivity index (χ4n) is 5.88. The van der Waals surface area contributed by atoms with Gasteiger partial charge in [-0.2, -0.15) is 29.6 Å². The predicted molar refractivity (Wildman–Crippen MR) is 159 cm³/mol. The molecule has 1 aromatic carbocycles. The van der Waals surface area contributed by atoms with Crippen molar-refractivity contribution >= 4 is 28.2 Å². The smallest absolute Gasteiger partial charge is 0.343 e. The van der Waals surface area contributed by atoms with Crippen LogP contribution in [0.3, 0.4) is 0 Å². The molecule has 2 aromatic heterocycles. The summed E-state index contributed by atoms with van der Waals surface area (Å²) in [7, 11) is 0. The average Bonchev–Trinajstić information content (AvgIpc) is 3.63. The maximum Gasteiger partial charge on any atom is 0.435 e. The summed E-state index contributed by atoms with van der Waals surface area (Å²) in [6.45, 7) is 13.0. The Labute approximate surface area is 256 Å². The van der Waals surface area contributed by atoms with E-state index in [0.29, 0.717) is 35.8 Å². The second kappa shape index (κ2) is 12.9. The molecule has 0 saturated carbocycles. The van der Waals surface area contributed by atoms with E-state index in [4.69, 9.17) is 6.57 Å². The molecule has 5 rings (SSSR count). The number of alkyl halides is 3. The molecule has 44 heavy (non-hydrogen) atoms. The molecule has 1 atom stereocenters. The minimum Gasteiger partial charge on any atom is -0.343 e. The fourth-order valence-corrected chi connectivity index (χ4v) is 6.90. The third-order valence-corrected chi connectivity index (χ3v) is 9.16.